The summed E-state index contributed by atoms with van der Waals surface area (Å²) in [5.41, 5.74) is 7.24. The maximum absolute atomic E-state index is 11.6. The number of unbranched alkanes of at least 4 members (excludes halogenated alkanes) is 1. The average molecular weight is 243 g/mol. The van der Waals surface area contributed by atoms with Crippen LogP contribution in [-0.2, 0) is 0 Å². The Morgan fingerprint density at radius 1 is 1.25 bits per heavy atom. The summed E-state index contributed by atoms with van der Waals surface area (Å²) in [7, 11) is 0. The molecule has 0 bridgehead atoms. The minimum Gasteiger partial charge on any atom is -0.352 e. The summed E-state index contributed by atoms with van der Waals surface area (Å²) in [6.07, 6.45) is 1.89. The highest BCUT2D eigenvalue weighted by Crippen LogP contribution is 2.02. The van der Waals surface area contributed by atoms with Crippen LogP contribution >= 0.6 is 12.4 Å². The maximum atomic E-state index is 11.6. The van der Waals surface area contributed by atoms with E-state index in [9.17, 15) is 4.79 Å². The van der Waals surface area contributed by atoms with Crippen LogP contribution in [-0.4, -0.2) is 19.0 Å². The molecule has 0 aliphatic heterocycles. The SMILES string of the molecule is Cc1ccc(C(=O)NCCCCN)cc1.Cl. The number of hydrogen-bond acceptors (Lipinski definition) is 2. The number of aryl methyl sites for hydroxylation is 1. The third kappa shape index (κ3) is 5.14. The number of carbonyl (C=O) groups excluding carboxylic acids is 1. The Kier molecular flexibility index (Phi) is 7.60. The first kappa shape index (κ1) is 14.9. The summed E-state index contributed by atoms with van der Waals surface area (Å²) in [6, 6.07) is 7.56. The second kappa shape index (κ2) is 8.13. The van der Waals surface area contributed by atoms with Crippen LogP contribution in [0.25, 0.3) is 0 Å². The molecule has 4 heteroatoms. The van der Waals surface area contributed by atoms with E-state index in [-0.39, 0.29) is 18.3 Å². The molecule has 0 saturated heterocycles. The molecular weight excluding hydrogens is 224 g/mol. The van der Waals surface area contributed by atoms with Gasteiger partial charge in [-0.2, -0.15) is 0 Å². The summed E-state index contributed by atoms with van der Waals surface area (Å²) >= 11 is 0. The third-order valence-corrected chi connectivity index (χ3v) is 2.23. The molecule has 1 aromatic rings. The van der Waals surface area contributed by atoms with Crippen molar-refractivity contribution in [2.24, 2.45) is 5.73 Å². The predicted octanol–water partition coefficient (Wildman–Crippen LogP) is 1.89. The second-order valence-corrected chi connectivity index (χ2v) is 3.62. The van der Waals surface area contributed by atoms with Crippen LogP contribution in [0.3, 0.4) is 0 Å². The fraction of sp³-hybridized carbons (Fsp3) is 0.417. The van der Waals surface area contributed by atoms with E-state index in [4.69, 9.17) is 5.73 Å². The van der Waals surface area contributed by atoms with Gasteiger partial charge in [-0.15, -0.1) is 12.4 Å². The number of nitrogens with one attached hydrogen (secondary N) is 1. The highest BCUT2D eigenvalue weighted by molar-refractivity contribution is 5.94. The Hall–Kier alpha value is -1.06. The van der Waals surface area contributed by atoms with Crippen LogP contribution in [0.15, 0.2) is 24.3 Å². The quantitative estimate of drug-likeness (QED) is 0.775. The van der Waals surface area contributed by atoms with Gasteiger partial charge in [-0.1, -0.05) is 17.7 Å². The van der Waals surface area contributed by atoms with Gasteiger partial charge in [0.15, 0.2) is 0 Å². The Morgan fingerprint density at radius 2 is 1.88 bits per heavy atom. The molecule has 3 nitrogen and oxygen atoms in total. The number of rotatable bonds is 5. The number of amides is 1. The van der Waals surface area contributed by atoms with Crippen LogP contribution in [0.2, 0.25) is 0 Å². The molecule has 0 saturated carbocycles. The van der Waals surface area contributed by atoms with Gasteiger partial charge < -0.3 is 11.1 Å². The molecule has 3 N–H and O–H groups in total. The van der Waals surface area contributed by atoms with Crippen molar-refractivity contribution in [3.05, 3.63) is 35.4 Å². The van der Waals surface area contributed by atoms with Crippen molar-refractivity contribution < 1.29 is 4.79 Å². The number of benzene rings is 1. The molecule has 0 aliphatic carbocycles. The summed E-state index contributed by atoms with van der Waals surface area (Å²) in [4.78, 5) is 11.6. The molecule has 0 radical (unpaired) electrons. The molecule has 0 spiro atoms. The number of hydrogen-bond donors (Lipinski definition) is 2. The highest BCUT2D eigenvalue weighted by Gasteiger charge is 2.02. The van der Waals surface area contributed by atoms with E-state index in [1.165, 1.54) is 0 Å². The van der Waals surface area contributed by atoms with Crippen LogP contribution < -0.4 is 11.1 Å². The van der Waals surface area contributed by atoms with Gasteiger partial charge in [-0.05, 0) is 38.4 Å². The molecule has 0 aromatic heterocycles. The van der Waals surface area contributed by atoms with Crippen molar-refractivity contribution >= 4 is 18.3 Å². The van der Waals surface area contributed by atoms with Gasteiger partial charge in [0, 0.05) is 12.1 Å². The monoisotopic (exact) mass is 242 g/mol. The van der Waals surface area contributed by atoms with Crippen LogP contribution in [0.5, 0.6) is 0 Å². The first-order chi connectivity index (χ1) is 7.24. The van der Waals surface area contributed by atoms with Gasteiger partial charge in [0.1, 0.15) is 0 Å². The van der Waals surface area contributed by atoms with Crippen LogP contribution in [0, 0.1) is 6.92 Å². The standard InChI is InChI=1S/C12H18N2O.ClH/c1-10-4-6-11(7-5-10)12(15)14-9-3-2-8-13;/h4-7H,2-3,8-9,13H2,1H3,(H,14,15);1H. The number of nitrogens with two attached hydrogens (primary N) is 1. The molecule has 0 heterocycles. The zero-order chi connectivity index (χ0) is 11.1. The van der Waals surface area contributed by atoms with Crippen molar-refractivity contribution in [3.8, 4) is 0 Å². The molecule has 1 rings (SSSR count). The lowest BCUT2D eigenvalue weighted by Gasteiger charge is -2.04. The van der Waals surface area contributed by atoms with Crippen molar-refractivity contribution in [3.63, 3.8) is 0 Å². The largest absolute Gasteiger partial charge is 0.352 e. The van der Waals surface area contributed by atoms with Crippen LogP contribution in [0.1, 0.15) is 28.8 Å². The average Bonchev–Trinajstić information content (AvgIpc) is 2.25. The van der Waals surface area contributed by atoms with E-state index < -0.39 is 0 Å². The van der Waals surface area contributed by atoms with Crippen molar-refractivity contribution in [1.82, 2.24) is 5.32 Å². The van der Waals surface area contributed by atoms with Gasteiger partial charge >= 0.3 is 0 Å². The molecule has 1 aromatic carbocycles. The summed E-state index contributed by atoms with van der Waals surface area (Å²) in [5.74, 6) is -0.00739. The molecule has 0 atom stereocenters. The number of carbonyl (C=O) groups is 1. The fourth-order valence-electron chi connectivity index (χ4n) is 1.28. The molecular formula is C12H19ClN2O. The minimum absolute atomic E-state index is 0. The minimum atomic E-state index is -0.00739. The first-order valence-electron chi connectivity index (χ1n) is 5.29. The highest BCUT2D eigenvalue weighted by atomic mass is 35.5. The van der Waals surface area contributed by atoms with E-state index in [2.05, 4.69) is 5.32 Å². The predicted molar refractivity (Wildman–Crippen MR) is 69.0 cm³/mol. The molecule has 1 amide bonds. The molecule has 90 valence electrons. The summed E-state index contributed by atoms with van der Waals surface area (Å²) < 4.78 is 0. The van der Waals surface area contributed by atoms with E-state index in [1.807, 2.05) is 31.2 Å². The molecule has 0 aliphatic rings. The summed E-state index contributed by atoms with van der Waals surface area (Å²) in [5, 5.41) is 2.86. The Labute approximate surface area is 103 Å². The van der Waals surface area contributed by atoms with Crippen molar-refractivity contribution in [1.29, 1.82) is 0 Å². The lowest BCUT2D eigenvalue weighted by Crippen LogP contribution is -2.24. The van der Waals surface area contributed by atoms with Gasteiger partial charge in [0.25, 0.3) is 5.91 Å². The number of halogens is 1. The van der Waals surface area contributed by atoms with Crippen molar-refractivity contribution in [2.75, 3.05) is 13.1 Å². The maximum Gasteiger partial charge on any atom is 0.251 e. The third-order valence-electron chi connectivity index (χ3n) is 2.23. The van der Waals surface area contributed by atoms with Gasteiger partial charge in [0.2, 0.25) is 0 Å². The topological polar surface area (TPSA) is 55.1 Å². The molecule has 16 heavy (non-hydrogen) atoms. The van der Waals surface area contributed by atoms with Gasteiger partial charge in [-0.3, -0.25) is 4.79 Å². The van der Waals surface area contributed by atoms with Gasteiger partial charge in [0.05, 0.1) is 0 Å². The van der Waals surface area contributed by atoms with Gasteiger partial charge in [-0.25, -0.2) is 0 Å². The van der Waals surface area contributed by atoms with E-state index >= 15 is 0 Å². The normalized spacial score (nSPS) is 9.38. The smallest absolute Gasteiger partial charge is 0.251 e. The fourth-order valence-corrected chi connectivity index (χ4v) is 1.28. The Morgan fingerprint density at radius 3 is 2.44 bits per heavy atom. The Bertz CT molecular complexity index is 311. The van der Waals surface area contributed by atoms with Crippen LogP contribution in [0.4, 0.5) is 0 Å². The van der Waals surface area contributed by atoms with Crippen molar-refractivity contribution in [2.45, 2.75) is 19.8 Å². The van der Waals surface area contributed by atoms with E-state index in [0.29, 0.717) is 18.7 Å². The summed E-state index contributed by atoms with van der Waals surface area (Å²) in [6.45, 7) is 3.38. The van der Waals surface area contributed by atoms with E-state index in [1.54, 1.807) is 0 Å². The zero-order valence-corrected chi connectivity index (χ0v) is 10.3. The second-order valence-electron chi connectivity index (χ2n) is 3.62. The molecule has 0 fully saturated rings. The lowest BCUT2D eigenvalue weighted by atomic mass is 10.1. The lowest BCUT2D eigenvalue weighted by molar-refractivity contribution is 0.0953. The Balaban J connectivity index is 0.00000225. The zero-order valence-electron chi connectivity index (χ0n) is 9.53. The molecule has 0 unspecified atom stereocenters. The first-order valence-corrected chi connectivity index (χ1v) is 5.29. The van der Waals surface area contributed by atoms with E-state index in [0.717, 1.165) is 18.4 Å².